The third-order valence-corrected chi connectivity index (χ3v) is 4.87. The maximum Gasteiger partial charge on any atom is 0.261 e. The number of amides is 2. The van der Waals surface area contributed by atoms with E-state index in [9.17, 15) is 9.59 Å². The second-order valence-corrected chi connectivity index (χ2v) is 6.47. The van der Waals surface area contributed by atoms with Crippen molar-refractivity contribution in [1.82, 2.24) is 9.80 Å². The second-order valence-electron chi connectivity index (χ2n) is 6.47. The lowest BCUT2D eigenvalue weighted by atomic mass is 10.2. The van der Waals surface area contributed by atoms with E-state index in [4.69, 9.17) is 9.47 Å². The fraction of sp³-hybridized carbons (Fsp3) is 0.579. The van der Waals surface area contributed by atoms with Crippen LogP contribution in [0, 0.1) is 0 Å². The summed E-state index contributed by atoms with van der Waals surface area (Å²) in [5, 5.41) is 0. The molecule has 0 unspecified atom stereocenters. The molecule has 1 aromatic rings. The van der Waals surface area contributed by atoms with E-state index in [0.29, 0.717) is 38.6 Å². The maximum atomic E-state index is 12.7. The van der Waals surface area contributed by atoms with Crippen LogP contribution in [0.25, 0.3) is 0 Å². The molecule has 1 atom stereocenters. The lowest BCUT2D eigenvalue weighted by Gasteiger charge is -2.32. The van der Waals surface area contributed by atoms with Crippen LogP contribution in [0.1, 0.15) is 25.3 Å². The molecule has 2 amide bonds. The molecule has 0 bridgehead atoms. The molecule has 1 aromatic carbocycles. The van der Waals surface area contributed by atoms with Crippen LogP contribution < -0.4 is 4.74 Å². The van der Waals surface area contributed by atoms with E-state index in [2.05, 4.69) is 6.92 Å². The van der Waals surface area contributed by atoms with Gasteiger partial charge < -0.3 is 19.3 Å². The number of hydrogen-bond acceptors (Lipinski definition) is 4. The number of rotatable bonds is 5. The van der Waals surface area contributed by atoms with E-state index in [1.807, 2.05) is 29.2 Å². The summed E-state index contributed by atoms with van der Waals surface area (Å²) in [7, 11) is 0. The number of hydrogen-bond donors (Lipinski definition) is 0. The van der Waals surface area contributed by atoms with Crippen molar-refractivity contribution in [3.63, 3.8) is 0 Å². The third kappa shape index (κ3) is 4.31. The van der Waals surface area contributed by atoms with Crippen LogP contribution in [0.5, 0.6) is 5.75 Å². The quantitative estimate of drug-likeness (QED) is 0.810. The Kier molecular flexibility index (Phi) is 5.91. The van der Waals surface area contributed by atoms with Crippen molar-refractivity contribution in [3.05, 3.63) is 29.8 Å². The predicted octanol–water partition coefficient (Wildman–Crippen LogP) is 1.48. The number of benzene rings is 1. The molecule has 2 fully saturated rings. The van der Waals surface area contributed by atoms with Gasteiger partial charge in [-0.3, -0.25) is 9.59 Å². The van der Waals surface area contributed by atoms with E-state index in [-0.39, 0.29) is 24.5 Å². The van der Waals surface area contributed by atoms with Gasteiger partial charge in [-0.2, -0.15) is 0 Å². The van der Waals surface area contributed by atoms with Crippen molar-refractivity contribution in [1.29, 1.82) is 0 Å². The summed E-state index contributed by atoms with van der Waals surface area (Å²) in [4.78, 5) is 28.7. The first-order valence-electron chi connectivity index (χ1n) is 9.06. The Morgan fingerprint density at radius 2 is 1.88 bits per heavy atom. The van der Waals surface area contributed by atoms with Gasteiger partial charge in [0.1, 0.15) is 11.8 Å². The van der Waals surface area contributed by atoms with Crippen LogP contribution >= 0.6 is 0 Å². The zero-order valence-electron chi connectivity index (χ0n) is 14.8. The minimum absolute atomic E-state index is 0.0294. The molecule has 0 aliphatic carbocycles. The Balaban J connectivity index is 1.55. The molecule has 6 nitrogen and oxygen atoms in total. The summed E-state index contributed by atoms with van der Waals surface area (Å²) >= 11 is 0. The van der Waals surface area contributed by atoms with Crippen LogP contribution in [0.15, 0.2) is 24.3 Å². The second kappa shape index (κ2) is 8.34. The van der Waals surface area contributed by atoms with Gasteiger partial charge in [-0.1, -0.05) is 19.1 Å². The summed E-state index contributed by atoms with van der Waals surface area (Å²) < 4.78 is 10.9. The molecule has 136 valence electrons. The number of morpholine rings is 1. The van der Waals surface area contributed by atoms with E-state index < -0.39 is 0 Å². The highest BCUT2D eigenvalue weighted by Crippen LogP contribution is 2.21. The van der Waals surface area contributed by atoms with Crippen LogP contribution in [0.2, 0.25) is 0 Å². The topological polar surface area (TPSA) is 59.1 Å². The van der Waals surface area contributed by atoms with Gasteiger partial charge in [0.2, 0.25) is 5.91 Å². The fourth-order valence-electron chi connectivity index (χ4n) is 3.37. The molecule has 2 aliphatic heterocycles. The van der Waals surface area contributed by atoms with Crippen molar-refractivity contribution in [2.75, 3.05) is 39.5 Å². The molecule has 0 saturated carbocycles. The number of ether oxygens (including phenoxy) is 2. The van der Waals surface area contributed by atoms with Crippen molar-refractivity contribution in [2.24, 2.45) is 0 Å². The normalized spacial score (nSPS) is 20.6. The molecule has 2 saturated heterocycles. The molecular formula is C19H26N2O4. The summed E-state index contributed by atoms with van der Waals surface area (Å²) in [6.45, 7) is 5.05. The van der Waals surface area contributed by atoms with Crippen molar-refractivity contribution in [2.45, 2.75) is 32.2 Å². The lowest BCUT2D eigenvalue weighted by molar-refractivity contribution is -0.147. The van der Waals surface area contributed by atoms with Gasteiger partial charge in [-0.25, -0.2) is 0 Å². The Bertz CT molecular complexity index is 596. The van der Waals surface area contributed by atoms with Gasteiger partial charge in [0, 0.05) is 19.6 Å². The molecule has 2 heterocycles. The summed E-state index contributed by atoms with van der Waals surface area (Å²) in [6, 6.07) is 7.41. The Morgan fingerprint density at radius 1 is 1.16 bits per heavy atom. The van der Waals surface area contributed by atoms with Crippen LogP contribution in [0.4, 0.5) is 0 Å². The number of nitrogens with zero attached hydrogens (tertiary/aromatic N) is 2. The van der Waals surface area contributed by atoms with Crippen LogP contribution in [-0.2, 0) is 20.7 Å². The molecule has 2 aliphatic rings. The summed E-state index contributed by atoms with van der Waals surface area (Å²) in [5.74, 6) is 0.603. The molecule has 25 heavy (non-hydrogen) atoms. The minimum Gasteiger partial charge on any atom is -0.484 e. The average molecular weight is 346 g/mol. The van der Waals surface area contributed by atoms with E-state index in [0.717, 1.165) is 19.3 Å². The Hall–Kier alpha value is -2.08. The van der Waals surface area contributed by atoms with Gasteiger partial charge in [-0.05, 0) is 37.0 Å². The van der Waals surface area contributed by atoms with Gasteiger partial charge in [0.05, 0.1) is 13.2 Å². The smallest absolute Gasteiger partial charge is 0.261 e. The zero-order valence-corrected chi connectivity index (χ0v) is 14.8. The van der Waals surface area contributed by atoms with E-state index in [1.165, 1.54) is 5.56 Å². The molecular weight excluding hydrogens is 320 g/mol. The molecule has 0 N–H and O–H groups in total. The average Bonchev–Trinajstić information content (AvgIpc) is 3.16. The van der Waals surface area contributed by atoms with Gasteiger partial charge in [0.15, 0.2) is 6.61 Å². The molecule has 6 heteroatoms. The lowest BCUT2D eigenvalue weighted by Crippen LogP contribution is -2.51. The molecule has 3 rings (SSSR count). The van der Waals surface area contributed by atoms with Gasteiger partial charge in [0.25, 0.3) is 5.91 Å². The Labute approximate surface area is 148 Å². The fourth-order valence-corrected chi connectivity index (χ4v) is 3.37. The number of carbonyl (C=O) groups is 2. The molecule has 0 spiro atoms. The largest absolute Gasteiger partial charge is 0.484 e. The SMILES string of the molecule is CCc1ccc(OCC(=O)N2CCC[C@@H]2C(=O)N2CCOCC2)cc1. The zero-order chi connectivity index (χ0) is 17.6. The first-order chi connectivity index (χ1) is 12.2. The van der Waals surface area contributed by atoms with Crippen LogP contribution in [-0.4, -0.2) is 67.1 Å². The van der Waals surface area contributed by atoms with Crippen molar-refractivity contribution >= 4 is 11.8 Å². The Morgan fingerprint density at radius 3 is 2.56 bits per heavy atom. The standard InChI is InChI=1S/C19H26N2O4/c1-2-15-5-7-16(8-6-15)25-14-18(22)21-9-3-4-17(21)19(23)20-10-12-24-13-11-20/h5-8,17H,2-4,9-14H2,1H3/t17-/m1/s1. The highest BCUT2D eigenvalue weighted by atomic mass is 16.5. The minimum atomic E-state index is -0.350. The van der Waals surface area contributed by atoms with E-state index >= 15 is 0 Å². The third-order valence-electron chi connectivity index (χ3n) is 4.87. The van der Waals surface area contributed by atoms with E-state index in [1.54, 1.807) is 4.90 Å². The van der Waals surface area contributed by atoms with Gasteiger partial charge in [-0.15, -0.1) is 0 Å². The maximum absolute atomic E-state index is 12.7. The number of aryl methyl sites for hydroxylation is 1. The first kappa shape index (κ1) is 17.7. The monoisotopic (exact) mass is 346 g/mol. The van der Waals surface area contributed by atoms with Crippen LogP contribution in [0.3, 0.4) is 0 Å². The molecule has 0 radical (unpaired) electrons. The molecule has 0 aromatic heterocycles. The van der Waals surface area contributed by atoms with Crippen molar-refractivity contribution < 1.29 is 19.1 Å². The number of carbonyl (C=O) groups excluding carboxylic acids is 2. The highest BCUT2D eigenvalue weighted by molar-refractivity contribution is 5.88. The summed E-state index contributed by atoms with van der Waals surface area (Å²) in [6.07, 6.45) is 2.56. The summed E-state index contributed by atoms with van der Waals surface area (Å²) in [5.41, 5.74) is 1.23. The highest BCUT2D eigenvalue weighted by Gasteiger charge is 2.36. The predicted molar refractivity (Wildman–Crippen MR) is 93.4 cm³/mol. The number of likely N-dealkylation sites (tertiary alicyclic amines) is 1. The van der Waals surface area contributed by atoms with Gasteiger partial charge >= 0.3 is 0 Å². The first-order valence-corrected chi connectivity index (χ1v) is 9.06. The van der Waals surface area contributed by atoms with Crippen molar-refractivity contribution in [3.8, 4) is 5.75 Å².